The molecule has 3 N–H and O–H groups in total. The second kappa shape index (κ2) is 19.0. The molecule has 58 heavy (non-hydrogen) atoms. The van der Waals surface area contributed by atoms with E-state index in [4.69, 9.17) is 16.3 Å². The molecule has 6 aromatic rings. The Kier molecular flexibility index (Phi) is 13.2. The molecule has 2 unspecified atom stereocenters. The highest BCUT2D eigenvalue weighted by Gasteiger charge is 2.32. The minimum Gasteiger partial charge on any atom is -0.462 e. The fraction of sp³-hybridized carbons (Fsp3) is 0.149. The van der Waals surface area contributed by atoms with Crippen molar-refractivity contribution < 1.29 is 23.9 Å². The Morgan fingerprint density at radius 1 is 0.845 bits per heavy atom. The highest BCUT2D eigenvalue weighted by molar-refractivity contribution is 8.00. The van der Waals surface area contributed by atoms with Gasteiger partial charge in [-0.15, -0.1) is 23.1 Å². The van der Waals surface area contributed by atoms with Crippen LogP contribution in [0.15, 0.2) is 150 Å². The van der Waals surface area contributed by atoms with Gasteiger partial charge in [-0.2, -0.15) is 0 Å². The number of hydrogen-bond acceptors (Lipinski definition) is 7. The van der Waals surface area contributed by atoms with Crippen LogP contribution in [0.4, 0.5) is 10.7 Å². The van der Waals surface area contributed by atoms with Gasteiger partial charge < -0.3 is 20.7 Å². The van der Waals surface area contributed by atoms with E-state index in [9.17, 15) is 19.2 Å². The largest absolute Gasteiger partial charge is 0.462 e. The lowest BCUT2D eigenvalue weighted by atomic mass is 9.83. The summed E-state index contributed by atoms with van der Waals surface area (Å²) in [6.45, 7) is 1.99. The van der Waals surface area contributed by atoms with Crippen LogP contribution in [0.5, 0.6) is 0 Å². The number of rotatable bonds is 13. The molecule has 0 bridgehead atoms. The molecule has 0 radical (unpaired) electrons. The van der Waals surface area contributed by atoms with E-state index >= 15 is 0 Å². The van der Waals surface area contributed by atoms with Gasteiger partial charge in [-0.05, 0) is 103 Å². The van der Waals surface area contributed by atoms with Crippen molar-refractivity contribution in [3.05, 3.63) is 189 Å². The van der Waals surface area contributed by atoms with Gasteiger partial charge in [-0.1, -0.05) is 109 Å². The molecule has 0 spiro atoms. The average molecular weight is 826 g/mol. The lowest BCUT2D eigenvalue weighted by Crippen LogP contribution is -2.30. The Morgan fingerprint density at radius 2 is 1.55 bits per heavy atom. The first-order valence-corrected chi connectivity index (χ1v) is 21.0. The molecule has 2 atom stereocenters. The zero-order valence-corrected chi connectivity index (χ0v) is 34.0. The predicted molar refractivity (Wildman–Crippen MR) is 234 cm³/mol. The molecule has 7 rings (SSSR count). The van der Waals surface area contributed by atoms with Crippen molar-refractivity contribution in [2.75, 3.05) is 17.2 Å². The van der Waals surface area contributed by atoms with Gasteiger partial charge in [0.2, 0.25) is 5.91 Å². The molecule has 292 valence electrons. The van der Waals surface area contributed by atoms with Gasteiger partial charge in [0.15, 0.2) is 0 Å². The van der Waals surface area contributed by atoms with Crippen LogP contribution in [0.3, 0.4) is 0 Å². The van der Waals surface area contributed by atoms with Gasteiger partial charge in [0, 0.05) is 26.0 Å². The standard InChI is InChI=1S/C47H40ClN3O5S2/c1-2-56-47(55)41-38-25-24-34(31-15-6-3-7-16-31)28-40(38)58-46(41)51-45(54)42(32-17-8-4-9-18-32)57-37-23-13-22-36(29-37)49-44(53)39(27-30-14-12-21-35(48)26-30)50-43(52)33-19-10-5-11-20-33/h3-23,26-27,29,34,42H,2,24-25,28H2,1H3,(H,49,53)(H,50,52)(H,51,54)/b39-27-. The van der Waals surface area contributed by atoms with E-state index in [1.807, 2.05) is 54.6 Å². The van der Waals surface area contributed by atoms with Crippen LogP contribution in [0.1, 0.15) is 72.4 Å². The molecule has 3 amide bonds. The minimum absolute atomic E-state index is 0.0156. The first kappa shape index (κ1) is 40.3. The van der Waals surface area contributed by atoms with Crippen LogP contribution in [0.25, 0.3) is 6.08 Å². The van der Waals surface area contributed by atoms with Gasteiger partial charge in [0.05, 0.1) is 12.2 Å². The van der Waals surface area contributed by atoms with Crippen molar-refractivity contribution in [1.82, 2.24) is 5.32 Å². The van der Waals surface area contributed by atoms with Gasteiger partial charge in [0.25, 0.3) is 11.8 Å². The van der Waals surface area contributed by atoms with Gasteiger partial charge in [-0.25, -0.2) is 4.79 Å². The third-order valence-corrected chi connectivity index (χ3v) is 12.3. The molecule has 1 heterocycles. The third kappa shape index (κ3) is 9.95. The normalized spacial score (nSPS) is 14.1. The fourth-order valence-corrected chi connectivity index (χ4v) is 9.47. The topological polar surface area (TPSA) is 114 Å². The van der Waals surface area contributed by atoms with Crippen molar-refractivity contribution >= 4 is 75.2 Å². The van der Waals surface area contributed by atoms with Crippen LogP contribution >= 0.6 is 34.7 Å². The lowest BCUT2D eigenvalue weighted by Gasteiger charge is -2.23. The zero-order valence-electron chi connectivity index (χ0n) is 31.6. The summed E-state index contributed by atoms with van der Waals surface area (Å²) in [5.41, 5.74) is 4.89. The van der Waals surface area contributed by atoms with Crippen LogP contribution in [0.2, 0.25) is 5.02 Å². The lowest BCUT2D eigenvalue weighted by molar-refractivity contribution is -0.116. The molecule has 0 fully saturated rings. The Morgan fingerprint density at radius 3 is 2.28 bits per heavy atom. The first-order chi connectivity index (χ1) is 28.2. The van der Waals surface area contributed by atoms with E-state index in [0.29, 0.717) is 49.6 Å². The predicted octanol–water partition coefficient (Wildman–Crippen LogP) is 10.7. The number of thiophene rings is 1. The van der Waals surface area contributed by atoms with E-state index in [0.717, 1.165) is 28.8 Å². The summed E-state index contributed by atoms with van der Waals surface area (Å²) in [6.07, 6.45) is 3.93. The second-order valence-electron chi connectivity index (χ2n) is 13.6. The molecular formula is C47H40ClN3O5S2. The summed E-state index contributed by atoms with van der Waals surface area (Å²) in [7, 11) is 0. The minimum atomic E-state index is -0.721. The molecule has 0 saturated carbocycles. The molecule has 1 aliphatic rings. The molecule has 5 aromatic carbocycles. The number of hydrogen-bond donors (Lipinski definition) is 3. The molecule has 0 saturated heterocycles. The van der Waals surface area contributed by atoms with Crippen LogP contribution in [-0.4, -0.2) is 30.3 Å². The Labute approximate surface area is 350 Å². The number of fused-ring (bicyclic) bond motifs is 1. The second-order valence-corrected chi connectivity index (χ2v) is 16.3. The molecule has 8 nitrogen and oxygen atoms in total. The Hall–Kier alpha value is -5.94. The maximum atomic E-state index is 14.4. The van der Waals surface area contributed by atoms with Crippen LogP contribution < -0.4 is 16.0 Å². The number of amides is 3. The van der Waals surface area contributed by atoms with Crippen molar-refractivity contribution in [2.24, 2.45) is 0 Å². The average Bonchev–Trinajstić information content (AvgIpc) is 3.60. The van der Waals surface area contributed by atoms with Crippen molar-refractivity contribution in [2.45, 2.75) is 42.2 Å². The maximum absolute atomic E-state index is 14.4. The van der Waals surface area contributed by atoms with E-state index in [1.165, 1.54) is 28.7 Å². The van der Waals surface area contributed by atoms with Crippen molar-refractivity contribution in [3.8, 4) is 0 Å². The number of halogens is 1. The summed E-state index contributed by atoms with van der Waals surface area (Å²) in [4.78, 5) is 56.6. The third-order valence-electron chi connectivity index (χ3n) is 9.63. The Bertz CT molecular complexity index is 2460. The number of anilines is 2. The molecule has 0 aliphatic heterocycles. The maximum Gasteiger partial charge on any atom is 0.341 e. The van der Waals surface area contributed by atoms with E-state index in [1.54, 1.807) is 85.8 Å². The highest BCUT2D eigenvalue weighted by atomic mass is 35.5. The summed E-state index contributed by atoms with van der Waals surface area (Å²) in [6, 6.07) is 42.5. The van der Waals surface area contributed by atoms with Crippen molar-refractivity contribution in [3.63, 3.8) is 0 Å². The van der Waals surface area contributed by atoms with Gasteiger partial charge in [0.1, 0.15) is 15.9 Å². The van der Waals surface area contributed by atoms with E-state index in [-0.39, 0.29) is 18.2 Å². The summed E-state index contributed by atoms with van der Waals surface area (Å²) in [5.74, 6) is -1.42. The van der Waals surface area contributed by atoms with Gasteiger partial charge in [-0.3, -0.25) is 14.4 Å². The smallest absolute Gasteiger partial charge is 0.341 e. The summed E-state index contributed by atoms with van der Waals surface area (Å²) in [5, 5.41) is 9.05. The van der Waals surface area contributed by atoms with E-state index in [2.05, 4.69) is 28.1 Å². The fourth-order valence-electron chi connectivity index (χ4n) is 6.87. The van der Waals surface area contributed by atoms with Gasteiger partial charge >= 0.3 is 5.97 Å². The number of carbonyl (C=O) groups excluding carboxylic acids is 4. The SMILES string of the molecule is CCOC(=O)c1c(NC(=O)C(Sc2cccc(NC(=O)/C(=C/c3cccc(Cl)c3)NC(=O)c3ccccc3)c2)c2ccccc2)sc2c1CCC(c1ccccc1)C2. The summed E-state index contributed by atoms with van der Waals surface area (Å²) >= 11 is 8.99. The number of carbonyl (C=O) groups is 4. The van der Waals surface area contributed by atoms with E-state index < -0.39 is 23.0 Å². The summed E-state index contributed by atoms with van der Waals surface area (Å²) < 4.78 is 5.51. The van der Waals surface area contributed by atoms with Crippen LogP contribution in [-0.2, 0) is 27.2 Å². The molecular weight excluding hydrogens is 786 g/mol. The number of thioether (sulfide) groups is 1. The van der Waals surface area contributed by atoms with Crippen LogP contribution in [0, 0.1) is 0 Å². The molecule has 1 aromatic heterocycles. The molecule has 11 heteroatoms. The monoisotopic (exact) mass is 825 g/mol. The highest BCUT2D eigenvalue weighted by Crippen LogP contribution is 2.44. The zero-order chi connectivity index (χ0) is 40.4. The quantitative estimate of drug-likeness (QED) is 0.0607. The molecule has 1 aliphatic carbocycles. The number of benzene rings is 5. The number of ether oxygens (including phenoxy) is 1. The Balaban J connectivity index is 1.13. The number of esters is 1. The number of nitrogens with one attached hydrogen (secondary N) is 3. The first-order valence-electron chi connectivity index (χ1n) is 18.9. The van der Waals surface area contributed by atoms with Crippen molar-refractivity contribution in [1.29, 1.82) is 0 Å².